The van der Waals surface area contributed by atoms with E-state index in [0.717, 1.165) is 11.1 Å². The molecule has 0 fully saturated rings. The van der Waals surface area contributed by atoms with Crippen LogP contribution in [0.25, 0.3) is 0 Å². The Morgan fingerprint density at radius 3 is 2.00 bits per heavy atom. The lowest BCUT2D eigenvalue weighted by Gasteiger charge is -2.20. The number of terminal acetylenes is 1. The molecule has 0 atom stereocenters. The summed E-state index contributed by atoms with van der Waals surface area (Å²) in [6.07, 6.45) is 5.70. The summed E-state index contributed by atoms with van der Waals surface area (Å²) in [7, 11) is 0. The molecule has 0 aliphatic rings. The third kappa shape index (κ3) is 4.39. The second-order valence-corrected chi connectivity index (χ2v) is 4.61. The van der Waals surface area contributed by atoms with Crippen LogP contribution in [0.4, 0.5) is 4.79 Å². The van der Waals surface area contributed by atoms with Crippen LogP contribution in [-0.2, 0) is 0 Å². The van der Waals surface area contributed by atoms with Gasteiger partial charge in [-0.15, -0.1) is 12.3 Å². The summed E-state index contributed by atoms with van der Waals surface area (Å²) in [5, 5.41) is 5.75. The minimum atomic E-state index is -0.219. The van der Waals surface area contributed by atoms with Gasteiger partial charge in [0.25, 0.3) is 0 Å². The number of amides is 2. The number of rotatable bonds is 5. The van der Waals surface area contributed by atoms with Crippen LogP contribution in [0.5, 0.6) is 0 Å². The minimum absolute atomic E-state index is 0.182. The first-order chi connectivity index (χ1) is 10.3. The molecule has 0 heterocycles. The van der Waals surface area contributed by atoms with Gasteiger partial charge in [0, 0.05) is 13.0 Å². The zero-order chi connectivity index (χ0) is 14.9. The number of carbonyl (C=O) groups is 1. The Balaban J connectivity index is 2.14. The van der Waals surface area contributed by atoms with Crippen LogP contribution in [0, 0.1) is 12.3 Å². The lowest BCUT2D eigenvalue weighted by Crippen LogP contribution is -2.38. The summed E-state index contributed by atoms with van der Waals surface area (Å²) in [4.78, 5) is 12.0. The topological polar surface area (TPSA) is 41.1 Å². The van der Waals surface area contributed by atoms with Gasteiger partial charge >= 0.3 is 6.03 Å². The third-order valence-corrected chi connectivity index (χ3v) is 3.10. The molecule has 3 nitrogen and oxygen atoms in total. The number of nitrogens with one attached hydrogen (secondary N) is 2. The summed E-state index contributed by atoms with van der Waals surface area (Å²) >= 11 is 0. The van der Waals surface area contributed by atoms with Gasteiger partial charge in [-0.05, 0) is 11.1 Å². The Morgan fingerprint density at radius 1 is 1.00 bits per heavy atom. The highest BCUT2D eigenvalue weighted by Crippen LogP contribution is 2.21. The Labute approximate surface area is 125 Å². The van der Waals surface area contributed by atoms with Crippen LogP contribution in [0.2, 0.25) is 0 Å². The molecule has 0 radical (unpaired) electrons. The van der Waals surface area contributed by atoms with Gasteiger partial charge < -0.3 is 10.6 Å². The van der Waals surface area contributed by atoms with Gasteiger partial charge in [-0.3, -0.25) is 0 Å². The maximum absolute atomic E-state index is 12.0. The normalized spacial score (nSPS) is 9.90. The first kappa shape index (κ1) is 14.7. The van der Waals surface area contributed by atoms with E-state index in [1.54, 1.807) is 0 Å². The minimum Gasteiger partial charge on any atom is -0.337 e. The molecule has 106 valence electrons. The summed E-state index contributed by atoms with van der Waals surface area (Å²) < 4.78 is 0. The molecular formula is C18H18N2O. The van der Waals surface area contributed by atoms with Gasteiger partial charge in [-0.1, -0.05) is 60.7 Å². The van der Waals surface area contributed by atoms with Gasteiger partial charge in [0.2, 0.25) is 0 Å². The molecule has 0 aromatic heterocycles. The Hall–Kier alpha value is -2.73. The van der Waals surface area contributed by atoms with Gasteiger partial charge in [0.05, 0.1) is 6.04 Å². The van der Waals surface area contributed by atoms with Crippen LogP contribution in [-0.4, -0.2) is 12.6 Å². The van der Waals surface area contributed by atoms with E-state index in [4.69, 9.17) is 6.42 Å². The molecule has 0 aliphatic heterocycles. The first-order valence-electron chi connectivity index (χ1n) is 6.89. The molecule has 3 heteroatoms. The van der Waals surface area contributed by atoms with Crippen molar-refractivity contribution in [3.63, 3.8) is 0 Å². The Kier molecular flexibility index (Phi) is 5.42. The Bertz CT molecular complexity index is 563. The molecule has 2 aromatic carbocycles. The van der Waals surface area contributed by atoms with Crippen molar-refractivity contribution in [2.75, 3.05) is 6.54 Å². The van der Waals surface area contributed by atoms with E-state index in [1.807, 2.05) is 60.7 Å². The summed E-state index contributed by atoms with van der Waals surface area (Å²) in [5.74, 6) is 2.50. The van der Waals surface area contributed by atoms with E-state index < -0.39 is 0 Å². The van der Waals surface area contributed by atoms with Crippen LogP contribution in [0.15, 0.2) is 60.7 Å². The van der Waals surface area contributed by atoms with Gasteiger partial charge in [0.1, 0.15) is 0 Å². The summed E-state index contributed by atoms with van der Waals surface area (Å²) in [6, 6.07) is 19.4. The monoisotopic (exact) mass is 278 g/mol. The molecule has 0 aliphatic carbocycles. The maximum atomic E-state index is 12.0. The lowest BCUT2D eigenvalue weighted by atomic mass is 9.99. The molecule has 2 rings (SSSR count). The zero-order valence-electron chi connectivity index (χ0n) is 11.8. The molecule has 0 unspecified atom stereocenters. The molecule has 0 saturated carbocycles. The van der Waals surface area contributed by atoms with E-state index in [0.29, 0.717) is 13.0 Å². The molecular weight excluding hydrogens is 260 g/mol. The SMILES string of the molecule is C#CCCNC(=O)NC(c1ccccc1)c1ccccc1. The fourth-order valence-corrected chi connectivity index (χ4v) is 2.08. The predicted octanol–water partition coefficient (Wildman–Crippen LogP) is 3.10. The maximum Gasteiger partial charge on any atom is 0.315 e. The van der Waals surface area contributed by atoms with Crippen LogP contribution < -0.4 is 10.6 Å². The van der Waals surface area contributed by atoms with Gasteiger partial charge in [-0.25, -0.2) is 4.79 Å². The standard InChI is InChI=1S/C18H18N2O/c1-2-3-14-19-18(21)20-17(15-10-6-4-7-11-15)16-12-8-5-9-13-16/h1,4-13,17H,3,14H2,(H2,19,20,21). The average molecular weight is 278 g/mol. The average Bonchev–Trinajstić information content (AvgIpc) is 2.54. The number of carbonyl (C=O) groups excluding carboxylic acids is 1. The van der Waals surface area contributed by atoms with Crippen LogP contribution in [0.1, 0.15) is 23.6 Å². The zero-order valence-corrected chi connectivity index (χ0v) is 11.8. The molecule has 2 amide bonds. The number of hydrogen-bond acceptors (Lipinski definition) is 1. The van der Waals surface area contributed by atoms with Crippen molar-refractivity contribution in [3.8, 4) is 12.3 Å². The quantitative estimate of drug-likeness (QED) is 0.640. The first-order valence-corrected chi connectivity index (χ1v) is 6.89. The molecule has 21 heavy (non-hydrogen) atoms. The molecule has 0 bridgehead atoms. The van der Waals surface area contributed by atoms with E-state index in [-0.39, 0.29) is 12.1 Å². The number of benzene rings is 2. The lowest BCUT2D eigenvalue weighted by molar-refractivity contribution is 0.239. The molecule has 2 N–H and O–H groups in total. The molecule has 0 spiro atoms. The fraction of sp³-hybridized carbons (Fsp3) is 0.167. The van der Waals surface area contributed by atoms with E-state index >= 15 is 0 Å². The summed E-state index contributed by atoms with van der Waals surface area (Å²) in [6.45, 7) is 0.471. The van der Waals surface area contributed by atoms with Crippen molar-refractivity contribution in [1.82, 2.24) is 10.6 Å². The van der Waals surface area contributed by atoms with Crippen LogP contribution >= 0.6 is 0 Å². The predicted molar refractivity (Wildman–Crippen MR) is 84.7 cm³/mol. The fourth-order valence-electron chi connectivity index (χ4n) is 2.08. The summed E-state index contributed by atoms with van der Waals surface area (Å²) in [5.41, 5.74) is 2.08. The highest BCUT2D eigenvalue weighted by Gasteiger charge is 2.15. The second kappa shape index (κ2) is 7.76. The largest absolute Gasteiger partial charge is 0.337 e. The van der Waals surface area contributed by atoms with E-state index in [9.17, 15) is 4.79 Å². The second-order valence-electron chi connectivity index (χ2n) is 4.61. The van der Waals surface area contributed by atoms with E-state index in [1.165, 1.54) is 0 Å². The molecule has 0 saturated heterocycles. The van der Waals surface area contributed by atoms with Crippen molar-refractivity contribution in [3.05, 3.63) is 71.8 Å². The highest BCUT2D eigenvalue weighted by atomic mass is 16.2. The van der Waals surface area contributed by atoms with Gasteiger partial charge in [-0.2, -0.15) is 0 Å². The van der Waals surface area contributed by atoms with Crippen molar-refractivity contribution < 1.29 is 4.79 Å². The van der Waals surface area contributed by atoms with Crippen molar-refractivity contribution in [2.45, 2.75) is 12.5 Å². The van der Waals surface area contributed by atoms with Crippen LogP contribution in [0.3, 0.4) is 0 Å². The number of hydrogen-bond donors (Lipinski definition) is 2. The molecule has 2 aromatic rings. The van der Waals surface area contributed by atoms with Gasteiger partial charge in [0.15, 0.2) is 0 Å². The Morgan fingerprint density at radius 2 is 1.52 bits per heavy atom. The highest BCUT2D eigenvalue weighted by molar-refractivity contribution is 5.75. The van der Waals surface area contributed by atoms with Crippen molar-refractivity contribution in [1.29, 1.82) is 0 Å². The third-order valence-electron chi connectivity index (χ3n) is 3.10. The van der Waals surface area contributed by atoms with Crippen molar-refractivity contribution in [2.24, 2.45) is 0 Å². The number of urea groups is 1. The van der Waals surface area contributed by atoms with E-state index in [2.05, 4.69) is 16.6 Å². The smallest absolute Gasteiger partial charge is 0.315 e. The van der Waals surface area contributed by atoms with Crippen molar-refractivity contribution >= 4 is 6.03 Å².